The number of nitrogens with zero attached hydrogens (tertiary/aromatic N) is 3. The van der Waals surface area contributed by atoms with Crippen LogP contribution in [0.15, 0.2) is 51.8 Å². The van der Waals surface area contributed by atoms with Gasteiger partial charge >= 0.3 is 0 Å². The van der Waals surface area contributed by atoms with Gasteiger partial charge in [-0.2, -0.15) is 4.98 Å². The van der Waals surface area contributed by atoms with Gasteiger partial charge in [-0.15, -0.1) is 0 Å². The molecule has 1 amide bonds. The zero-order chi connectivity index (χ0) is 21.5. The Bertz CT molecular complexity index is 1210. The van der Waals surface area contributed by atoms with E-state index in [0.29, 0.717) is 36.7 Å². The standard InChI is InChI=1S/C21H22FN3O4S/c1-3-30(27,28)19-7-5-4-6-16(19)20(26)25-11-10-24(13-14(25)2)21-23-17-9-8-15(22)12-18(17)29-21/h4-9,12,14H,3,10-11,13H2,1-2H3. The maximum absolute atomic E-state index is 13.4. The van der Waals surface area contributed by atoms with E-state index in [-0.39, 0.29) is 28.2 Å². The molecule has 0 saturated carbocycles. The number of anilines is 1. The number of oxazole rings is 1. The molecule has 3 aromatic rings. The fourth-order valence-electron chi connectivity index (χ4n) is 3.68. The molecule has 0 aliphatic carbocycles. The van der Waals surface area contributed by atoms with Crippen molar-refractivity contribution in [3.63, 3.8) is 0 Å². The number of hydrogen-bond donors (Lipinski definition) is 0. The Morgan fingerprint density at radius 1 is 1.23 bits per heavy atom. The van der Waals surface area contributed by atoms with Crippen LogP contribution in [0.2, 0.25) is 0 Å². The molecule has 0 bridgehead atoms. The third kappa shape index (κ3) is 3.65. The number of carbonyl (C=O) groups is 1. The van der Waals surface area contributed by atoms with Crippen molar-refractivity contribution in [2.24, 2.45) is 0 Å². The molecule has 2 aromatic carbocycles. The molecule has 1 unspecified atom stereocenters. The van der Waals surface area contributed by atoms with Crippen LogP contribution in [-0.4, -0.2) is 55.6 Å². The van der Waals surface area contributed by atoms with E-state index in [9.17, 15) is 17.6 Å². The van der Waals surface area contributed by atoms with E-state index in [4.69, 9.17) is 4.42 Å². The number of sulfone groups is 1. The number of hydrogen-bond acceptors (Lipinski definition) is 6. The smallest absolute Gasteiger partial charge is 0.298 e. The predicted octanol–water partition coefficient (Wildman–Crippen LogP) is 3.11. The zero-order valence-corrected chi connectivity index (χ0v) is 17.5. The SMILES string of the molecule is CCS(=O)(=O)c1ccccc1C(=O)N1CCN(c2nc3ccc(F)cc3o2)CC1C. The van der Waals surface area contributed by atoms with Crippen molar-refractivity contribution in [2.45, 2.75) is 24.8 Å². The Kier molecular flexibility index (Phi) is 5.23. The van der Waals surface area contributed by atoms with E-state index in [1.807, 2.05) is 11.8 Å². The Morgan fingerprint density at radius 2 is 2.00 bits per heavy atom. The summed E-state index contributed by atoms with van der Waals surface area (Å²) in [5, 5.41) is 0. The van der Waals surface area contributed by atoms with Crippen LogP contribution in [0, 0.1) is 5.82 Å². The first-order valence-electron chi connectivity index (χ1n) is 9.74. The lowest BCUT2D eigenvalue weighted by Crippen LogP contribution is -2.54. The molecule has 7 nitrogen and oxygen atoms in total. The summed E-state index contributed by atoms with van der Waals surface area (Å²) in [5.41, 5.74) is 1.13. The first-order chi connectivity index (χ1) is 14.3. The molecular formula is C21H22FN3O4S. The van der Waals surface area contributed by atoms with Crippen LogP contribution < -0.4 is 4.90 Å². The normalized spacial score (nSPS) is 17.5. The van der Waals surface area contributed by atoms with Gasteiger partial charge in [0.05, 0.1) is 16.2 Å². The Hall–Kier alpha value is -2.94. The largest absolute Gasteiger partial charge is 0.423 e. The topological polar surface area (TPSA) is 83.7 Å². The van der Waals surface area contributed by atoms with Crippen molar-refractivity contribution in [3.8, 4) is 0 Å². The fourth-order valence-corrected chi connectivity index (χ4v) is 4.77. The van der Waals surface area contributed by atoms with Crippen LogP contribution in [0.3, 0.4) is 0 Å². The van der Waals surface area contributed by atoms with Gasteiger partial charge in [0.1, 0.15) is 11.3 Å². The van der Waals surface area contributed by atoms with Crippen molar-refractivity contribution in [1.29, 1.82) is 0 Å². The van der Waals surface area contributed by atoms with Gasteiger partial charge in [0, 0.05) is 31.7 Å². The number of aromatic nitrogens is 1. The summed E-state index contributed by atoms with van der Waals surface area (Å²) in [6.45, 7) is 4.76. The van der Waals surface area contributed by atoms with E-state index in [2.05, 4.69) is 4.98 Å². The number of amides is 1. The quantitative estimate of drug-likeness (QED) is 0.631. The molecule has 1 aliphatic heterocycles. The molecule has 4 rings (SSSR count). The molecule has 0 spiro atoms. The zero-order valence-electron chi connectivity index (χ0n) is 16.7. The molecule has 0 radical (unpaired) electrons. The van der Waals surface area contributed by atoms with Crippen molar-refractivity contribution >= 4 is 32.9 Å². The Morgan fingerprint density at radius 3 is 2.73 bits per heavy atom. The highest BCUT2D eigenvalue weighted by atomic mass is 32.2. The number of carbonyl (C=O) groups excluding carboxylic acids is 1. The highest BCUT2D eigenvalue weighted by Gasteiger charge is 2.32. The summed E-state index contributed by atoms with van der Waals surface area (Å²) in [5.74, 6) is -0.775. The molecule has 1 aromatic heterocycles. The minimum atomic E-state index is -3.52. The number of halogens is 1. The summed E-state index contributed by atoms with van der Waals surface area (Å²) < 4.78 is 43.9. The van der Waals surface area contributed by atoms with Gasteiger partial charge in [0.25, 0.3) is 11.9 Å². The number of fused-ring (bicyclic) bond motifs is 1. The van der Waals surface area contributed by atoms with Crippen LogP contribution in [0.5, 0.6) is 0 Å². The fraction of sp³-hybridized carbons (Fsp3) is 0.333. The highest BCUT2D eigenvalue weighted by Crippen LogP contribution is 2.26. The molecule has 2 heterocycles. The van der Waals surface area contributed by atoms with Gasteiger partial charge in [0.15, 0.2) is 15.4 Å². The van der Waals surface area contributed by atoms with E-state index >= 15 is 0 Å². The summed E-state index contributed by atoms with van der Waals surface area (Å²) >= 11 is 0. The number of piperazine rings is 1. The lowest BCUT2D eigenvalue weighted by molar-refractivity contribution is 0.0667. The maximum atomic E-state index is 13.4. The second-order valence-electron chi connectivity index (χ2n) is 7.30. The van der Waals surface area contributed by atoms with Gasteiger partial charge in [0.2, 0.25) is 0 Å². The molecular weight excluding hydrogens is 409 g/mol. The average molecular weight is 431 g/mol. The van der Waals surface area contributed by atoms with E-state index in [1.54, 1.807) is 36.1 Å². The second kappa shape index (κ2) is 7.71. The van der Waals surface area contributed by atoms with Gasteiger partial charge in [-0.05, 0) is 31.2 Å². The van der Waals surface area contributed by atoms with Crippen molar-refractivity contribution in [1.82, 2.24) is 9.88 Å². The molecule has 9 heteroatoms. The third-order valence-corrected chi connectivity index (χ3v) is 7.12. The molecule has 1 atom stereocenters. The van der Waals surface area contributed by atoms with E-state index in [1.165, 1.54) is 18.2 Å². The molecule has 158 valence electrons. The maximum Gasteiger partial charge on any atom is 0.298 e. The second-order valence-corrected chi connectivity index (χ2v) is 9.55. The lowest BCUT2D eigenvalue weighted by Gasteiger charge is -2.39. The van der Waals surface area contributed by atoms with Crippen LogP contribution in [-0.2, 0) is 9.84 Å². The van der Waals surface area contributed by atoms with E-state index < -0.39 is 15.7 Å². The minimum Gasteiger partial charge on any atom is -0.423 e. The monoisotopic (exact) mass is 431 g/mol. The highest BCUT2D eigenvalue weighted by molar-refractivity contribution is 7.91. The molecule has 1 aliphatic rings. The van der Waals surface area contributed by atoms with Gasteiger partial charge < -0.3 is 14.2 Å². The van der Waals surface area contributed by atoms with Crippen LogP contribution in [0.4, 0.5) is 10.4 Å². The Labute approximate surface area is 174 Å². The van der Waals surface area contributed by atoms with Crippen LogP contribution in [0.1, 0.15) is 24.2 Å². The summed E-state index contributed by atoms with van der Waals surface area (Å²) in [4.78, 5) is 21.2. The molecule has 0 N–H and O–H groups in total. The summed E-state index contributed by atoms with van der Waals surface area (Å²) in [7, 11) is -3.52. The van der Waals surface area contributed by atoms with E-state index in [0.717, 1.165) is 0 Å². The van der Waals surface area contributed by atoms with Gasteiger partial charge in [-0.25, -0.2) is 12.8 Å². The molecule has 1 fully saturated rings. The third-order valence-electron chi connectivity index (χ3n) is 5.33. The summed E-state index contributed by atoms with van der Waals surface area (Å²) in [6.07, 6.45) is 0. The van der Waals surface area contributed by atoms with Gasteiger partial charge in [-0.1, -0.05) is 19.1 Å². The Balaban J connectivity index is 1.56. The van der Waals surface area contributed by atoms with Crippen LogP contribution >= 0.6 is 0 Å². The first-order valence-corrected chi connectivity index (χ1v) is 11.4. The molecule has 1 saturated heterocycles. The predicted molar refractivity (Wildman–Crippen MR) is 111 cm³/mol. The number of benzene rings is 2. The lowest BCUT2D eigenvalue weighted by atomic mass is 10.1. The van der Waals surface area contributed by atoms with Crippen molar-refractivity contribution in [2.75, 3.05) is 30.3 Å². The first kappa shape index (κ1) is 20.3. The summed E-state index contributed by atoms with van der Waals surface area (Å²) in [6, 6.07) is 10.7. The minimum absolute atomic E-state index is 0.0631. The number of rotatable bonds is 4. The van der Waals surface area contributed by atoms with Gasteiger partial charge in [-0.3, -0.25) is 4.79 Å². The average Bonchev–Trinajstić information content (AvgIpc) is 3.16. The van der Waals surface area contributed by atoms with Crippen molar-refractivity contribution in [3.05, 3.63) is 53.8 Å². The molecule has 30 heavy (non-hydrogen) atoms. The van der Waals surface area contributed by atoms with Crippen molar-refractivity contribution < 1.29 is 22.0 Å². The van der Waals surface area contributed by atoms with Crippen LogP contribution in [0.25, 0.3) is 11.1 Å².